The van der Waals surface area contributed by atoms with E-state index in [1.807, 2.05) is 6.20 Å². The normalized spacial score (nSPS) is 26.0. The van der Waals surface area contributed by atoms with E-state index >= 15 is 0 Å². The fourth-order valence-corrected chi connectivity index (χ4v) is 3.04. The monoisotopic (exact) mass is 332 g/mol. The van der Waals surface area contributed by atoms with Gasteiger partial charge in [0.2, 0.25) is 0 Å². The highest BCUT2D eigenvalue weighted by Crippen LogP contribution is 2.29. The van der Waals surface area contributed by atoms with Gasteiger partial charge in [-0.2, -0.15) is 0 Å². The van der Waals surface area contributed by atoms with Crippen molar-refractivity contribution in [2.45, 2.75) is 31.1 Å². The number of hydrogen-bond donors (Lipinski definition) is 0. The van der Waals surface area contributed by atoms with Crippen LogP contribution in [0.4, 0.5) is 5.82 Å². The van der Waals surface area contributed by atoms with Crippen LogP contribution in [0.2, 0.25) is 0 Å². The van der Waals surface area contributed by atoms with E-state index in [2.05, 4.69) is 61.7 Å². The maximum absolute atomic E-state index is 4.46. The van der Waals surface area contributed by atoms with Crippen LogP contribution in [0, 0.1) is 6.92 Å². The first-order chi connectivity index (χ1) is 7.08. The molecule has 0 bridgehead atoms. The Balaban J connectivity index is 2.26. The van der Waals surface area contributed by atoms with Crippen LogP contribution in [-0.2, 0) is 0 Å². The number of pyridine rings is 1. The third-order valence-electron chi connectivity index (χ3n) is 2.85. The molecule has 2 unspecified atom stereocenters. The number of anilines is 1. The summed E-state index contributed by atoms with van der Waals surface area (Å²) in [6.45, 7) is 5.40. The molecule has 0 radical (unpaired) electrons. The van der Waals surface area contributed by atoms with Gasteiger partial charge in [0.15, 0.2) is 0 Å². The standard InChI is InChI=1S/C11H14Br2N2/c1-7-3-11(14-5-10(7)13)15-6-9(12)4-8(15)2/h3,5,8-9H,4,6H2,1-2H3. The van der Waals surface area contributed by atoms with E-state index in [1.165, 1.54) is 12.0 Å². The molecule has 0 saturated carbocycles. The predicted octanol–water partition coefficient (Wildman–Crippen LogP) is 3.51. The van der Waals surface area contributed by atoms with E-state index in [0.29, 0.717) is 10.9 Å². The zero-order chi connectivity index (χ0) is 11.0. The number of nitrogens with zero attached hydrogens (tertiary/aromatic N) is 2. The number of aryl methyl sites for hydroxylation is 1. The van der Waals surface area contributed by atoms with E-state index in [1.54, 1.807) is 0 Å². The molecule has 82 valence electrons. The van der Waals surface area contributed by atoms with Crippen LogP contribution in [0.25, 0.3) is 0 Å². The average Bonchev–Trinajstić information content (AvgIpc) is 2.50. The van der Waals surface area contributed by atoms with Crippen molar-refractivity contribution in [2.24, 2.45) is 0 Å². The quantitative estimate of drug-likeness (QED) is 0.731. The third-order valence-corrected chi connectivity index (χ3v) is 4.34. The molecule has 4 heteroatoms. The van der Waals surface area contributed by atoms with Crippen molar-refractivity contribution in [3.8, 4) is 0 Å². The summed E-state index contributed by atoms with van der Waals surface area (Å²) in [5.41, 5.74) is 1.24. The highest BCUT2D eigenvalue weighted by Gasteiger charge is 2.28. The van der Waals surface area contributed by atoms with Gasteiger partial charge in [0, 0.05) is 28.1 Å². The van der Waals surface area contributed by atoms with E-state index in [-0.39, 0.29) is 0 Å². The Hall–Kier alpha value is -0.0900. The molecule has 2 nitrogen and oxygen atoms in total. The van der Waals surface area contributed by atoms with Gasteiger partial charge in [-0.15, -0.1) is 0 Å². The third kappa shape index (κ3) is 2.36. The van der Waals surface area contributed by atoms with Crippen molar-refractivity contribution in [1.82, 2.24) is 4.98 Å². The second kappa shape index (κ2) is 4.42. The van der Waals surface area contributed by atoms with Gasteiger partial charge in [0.1, 0.15) is 5.82 Å². The topological polar surface area (TPSA) is 16.1 Å². The molecule has 2 heterocycles. The molecule has 1 saturated heterocycles. The van der Waals surface area contributed by atoms with E-state index in [9.17, 15) is 0 Å². The molecule has 2 atom stereocenters. The van der Waals surface area contributed by atoms with Gasteiger partial charge < -0.3 is 4.90 Å². The first-order valence-corrected chi connectivity index (χ1v) is 6.81. The fourth-order valence-electron chi connectivity index (χ4n) is 1.97. The van der Waals surface area contributed by atoms with Crippen LogP contribution in [0.1, 0.15) is 18.9 Å². The van der Waals surface area contributed by atoms with Gasteiger partial charge in [0.05, 0.1) is 0 Å². The molecule has 1 aliphatic rings. The van der Waals surface area contributed by atoms with Gasteiger partial charge in [-0.05, 0) is 47.8 Å². The molecule has 0 spiro atoms. The molecule has 0 aromatic carbocycles. The maximum Gasteiger partial charge on any atom is 0.129 e. The molecule has 0 N–H and O–H groups in total. The summed E-state index contributed by atoms with van der Waals surface area (Å²) in [6, 6.07) is 2.72. The first kappa shape index (κ1) is 11.4. The molecule has 2 rings (SSSR count). The van der Waals surface area contributed by atoms with Gasteiger partial charge in [0.25, 0.3) is 0 Å². The van der Waals surface area contributed by atoms with E-state index in [0.717, 1.165) is 16.8 Å². The number of aromatic nitrogens is 1. The lowest BCUT2D eigenvalue weighted by Crippen LogP contribution is -2.27. The predicted molar refractivity (Wildman–Crippen MR) is 70.8 cm³/mol. The SMILES string of the molecule is Cc1cc(N2CC(Br)CC2C)ncc1Br. The Labute approximate surface area is 107 Å². The lowest BCUT2D eigenvalue weighted by atomic mass is 10.2. The van der Waals surface area contributed by atoms with E-state index in [4.69, 9.17) is 0 Å². The number of rotatable bonds is 1. The zero-order valence-electron chi connectivity index (χ0n) is 8.87. The molecule has 1 aromatic heterocycles. The number of alkyl halides is 1. The summed E-state index contributed by atoms with van der Waals surface area (Å²) in [7, 11) is 0. The van der Waals surface area contributed by atoms with Crippen LogP contribution in [0.15, 0.2) is 16.7 Å². The summed E-state index contributed by atoms with van der Waals surface area (Å²) >= 11 is 7.15. The highest BCUT2D eigenvalue weighted by atomic mass is 79.9. The minimum absolute atomic E-state index is 0.572. The highest BCUT2D eigenvalue weighted by molar-refractivity contribution is 9.10. The summed E-state index contributed by atoms with van der Waals surface area (Å²) in [6.07, 6.45) is 3.08. The minimum Gasteiger partial charge on any atom is -0.353 e. The molecule has 1 aliphatic heterocycles. The van der Waals surface area contributed by atoms with Gasteiger partial charge >= 0.3 is 0 Å². The van der Waals surface area contributed by atoms with Crippen molar-refractivity contribution >= 4 is 37.7 Å². The Kier molecular flexibility index (Phi) is 3.36. The van der Waals surface area contributed by atoms with Gasteiger partial charge in [-0.1, -0.05) is 15.9 Å². The van der Waals surface area contributed by atoms with Gasteiger partial charge in [-0.3, -0.25) is 0 Å². The zero-order valence-corrected chi connectivity index (χ0v) is 12.0. The summed E-state index contributed by atoms with van der Waals surface area (Å²) in [5.74, 6) is 1.09. The van der Waals surface area contributed by atoms with Crippen molar-refractivity contribution in [2.75, 3.05) is 11.4 Å². The first-order valence-electron chi connectivity index (χ1n) is 5.11. The van der Waals surface area contributed by atoms with Crippen LogP contribution < -0.4 is 4.90 Å². The van der Waals surface area contributed by atoms with Crippen molar-refractivity contribution in [3.05, 3.63) is 22.3 Å². The Morgan fingerprint density at radius 2 is 2.27 bits per heavy atom. The molecular formula is C11H14Br2N2. The molecular weight excluding hydrogens is 320 g/mol. The minimum atomic E-state index is 0.572. The van der Waals surface area contributed by atoms with Crippen LogP contribution >= 0.6 is 31.9 Å². The number of halogens is 2. The molecule has 1 aromatic rings. The summed E-state index contributed by atoms with van der Waals surface area (Å²) in [5, 5.41) is 0. The fraction of sp³-hybridized carbons (Fsp3) is 0.545. The van der Waals surface area contributed by atoms with Crippen LogP contribution in [0.5, 0.6) is 0 Å². The average molecular weight is 334 g/mol. The Morgan fingerprint density at radius 1 is 1.53 bits per heavy atom. The van der Waals surface area contributed by atoms with Crippen LogP contribution in [0.3, 0.4) is 0 Å². The molecule has 0 amide bonds. The number of hydrogen-bond acceptors (Lipinski definition) is 2. The Morgan fingerprint density at radius 3 is 2.80 bits per heavy atom. The Bertz CT molecular complexity index is 368. The molecule has 1 fully saturated rings. The van der Waals surface area contributed by atoms with E-state index < -0.39 is 0 Å². The van der Waals surface area contributed by atoms with Crippen molar-refractivity contribution in [1.29, 1.82) is 0 Å². The largest absolute Gasteiger partial charge is 0.353 e. The lowest BCUT2D eigenvalue weighted by Gasteiger charge is -2.22. The molecule has 0 aliphatic carbocycles. The van der Waals surface area contributed by atoms with Gasteiger partial charge in [-0.25, -0.2) is 4.98 Å². The van der Waals surface area contributed by atoms with Crippen molar-refractivity contribution < 1.29 is 0 Å². The summed E-state index contributed by atoms with van der Waals surface area (Å²) < 4.78 is 1.08. The lowest BCUT2D eigenvalue weighted by molar-refractivity contribution is 0.729. The molecule has 15 heavy (non-hydrogen) atoms. The maximum atomic E-state index is 4.46. The second-order valence-corrected chi connectivity index (χ2v) is 6.28. The van der Waals surface area contributed by atoms with Crippen molar-refractivity contribution in [3.63, 3.8) is 0 Å². The van der Waals surface area contributed by atoms with Crippen LogP contribution in [-0.4, -0.2) is 22.4 Å². The summed E-state index contributed by atoms with van der Waals surface area (Å²) in [4.78, 5) is 7.42. The smallest absolute Gasteiger partial charge is 0.129 e. The second-order valence-electron chi connectivity index (χ2n) is 4.13.